The summed E-state index contributed by atoms with van der Waals surface area (Å²) in [6.45, 7) is 3.99. The summed E-state index contributed by atoms with van der Waals surface area (Å²) in [7, 11) is 0. The van der Waals surface area contributed by atoms with Gasteiger partial charge in [-0.1, -0.05) is 0 Å². The lowest BCUT2D eigenvalue weighted by Crippen LogP contribution is -2.15. The summed E-state index contributed by atoms with van der Waals surface area (Å²) in [5.41, 5.74) is 6.01. The van der Waals surface area contributed by atoms with Crippen molar-refractivity contribution in [3.05, 3.63) is 23.9 Å². The number of rotatable bonds is 4. The van der Waals surface area contributed by atoms with Gasteiger partial charge in [-0.3, -0.25) is 0 Å². The third-order valence-corrected chi connectivity index (χ3v) is 1.73. The van der Waals surface area contributed by atoms with E-state index in [2.05, 4.69) is 4.98 Å². The first kappa shape index (κ1) is 10.9. The zero-order valence-corrected chi connectivity index (χ0v) is 8.47. The highest BCUT2D eigenvalue weighted by Gasteiger charge is 2.13. The molecule has 0 aliphatic rings. The van der Waals surface area contributed by atoms with Crippen LogP contribution in [0.1, 0.15) is 25.5 Å². The van der Waals surface area contributed by atoms with E-state index in [1.165, 1.54) is 0 Å². The van der Waals surface area contributed by atoms with E-state index >= 15 is 0 Å². The molecule has 14 heavy (non-hydrogen) atoms. The van der Waals surface area contributed by atoms with Crippen LogP contribution in [0.15, 0.2) is 18.3 Å². The van der Waals surface area contributed by atoms with Crippen molar-refractivity contribution in [3.8, 4) is 5.88 Å². The summed E-state index contributed by atoms with van der Waals surface area (Å²) in [6, 6.07) is 3.52. The maximum Gasteiger partial charge on any atom is 0.219 e. The molecule has 0 radical (unpaired) electrons. The molecule has 0 amide bonds. The van der Waals surface area contributed by atoms with Gasteiger partial charge < -0.3 is 15.6 Å². The molecule has 3 N–H and O–H groups in total. The number of pyridine rings is 1. The number of aliphatic hydroxyl groups excluding tert-OH is 1. The maximum atomic E-state index is 9.58. The molecule has 1 aromatic heterocycles. The second-order valence-corrected chi connectivity index (χ2v) is 3.32. The van der Waals surface area contributed by atoms with E-state index in [4.69, 9.17) is 10.5 Å². The van der Waals surface area contributed by atoms with Crippen molar-refractivity contribution in [2.45, 2.75) is 26.1 Å². The molecule has 1 rings (SSSR count). The molecule has 0 aromatic carbocycles. The van der Waals surface area contributed by atoms with Gasteiger partial charge >= 0.3 is 0 Å². The zero-order chi connectivity index (χ0) is 10.6. The van der Waals surface area contributed by atoms with Gasteiger partial charge in [-0.2, -0.15) is 0 Å². The van der Waals surface area contributed by atoms with Crippen molar-refractivity contribution in [1.82, 2.24) is 4.98 Å². The van der Waals surface area contributed by atoms with Crippen LogP contribution in [0, 0.1) is 0 Å². The standard InChI is InChI=1S/C10H16N2O2/c1-7(2)14-10-8(9(13)6-11)4-3-5-12-10/h3-5,7,9,13H,6,11H2,1-2H3. The molecule has 0 saturated carbocycles. The van der Waals surface area contributed by atoms with Crippen LogP contribution in [0.2, 0.25) is 0 Å². The molecule has 1 heterocycles. The minimum atomic E-state index is -0.711. The van der Waals surface area contributed by atoms with Gasteiger partial charge in [0.15, 0.2) is 0 Å². The highest BCUT2D eigenvalue weighted by Crippen LogP contribution is 2.22. The van der Waals surface area contributed by atoms with Gasteiger partial charge in [0.25, 0.3) is 0 Å². The van der Waals surface area contributed by atoms with Gasteiger partial charge in [-0.05, 0) is 26.0 Å². The van der Waals surface area contributed by atoms with E-state index in [0.29, 0.717) is 11.4 Å². The number of hydrogen-bond donors (Lipinski definition) is 2. The van der Waals surface area contributed by atoms with Crippen LogP contribution in [0.3, 0.4) is 0 Å². The minimum Gasteiger partial charge on any atom is -0.475 e. The molecule has 0 spiro atoms. The molecular weight excluding hydrogens is 180 g/mol. The molecular formula is C10H16N2O2. The lowest BCUT2D eigenvalue weighted by Gasteiger charge is -2.15. The summed E-state index contributed by atoms with van der Waals surface area (Å²) < 4.78 is 5.44. The summed E-state index contributed by atoms with van der Waals surface area (Å²) >= 11 is 0. The van der Waals surface area contributed by atoms with E-state index in [1.54, 1.807) is 18.3 Å². The number of aliphatic hydroxyl groups is 1. The molecule has 1 unspecified atom stereocenters. The van der Waals surface area contributed by atoms with E-state index < -0.39 is 6.10 Å². The fourth-order valence-electron chi connectivity index (χ4n) is 1.11. The predicted molar refractivity (Wildman–Crippen MR) is 54.0 cm³/mol. The van der Waals surface area contributed by atoms with Gasteiger partial charge in [0, 0.05) is 18.3 Å². The average molecular weight is 196 g/mol. The van der Waals surface area contributed by atoms with E-state index in [1.807, 2.05) is 13.8 Å². The fourth-order valence-corrected chi connectivity index (χ4v) is 1.11. The SMILES string of the molecule is CC(C)Oc1ncccc1C(O)CN. The van der Waals surface area contributed by atoms with Crippen molar-refractivity contribution in [1.29, 1.82) is 0 Å². The van der Waals surface area contributed by atoms with Gasteiger partial charge in [0.2, 0.25) is 5.88 Å². The molecule has 4 heteroatoms. The van der Waals surface area contributed by atoms with E-state index in [-0.39, 0.29) is 12.6 Å². The molecule has 1 aromatic rings. The summed E-state index contributed by atoms with van der Waals surface area (Å²) in [5.74, 6) is 0.459. The Balaban J connectivity index is 2.91. The molecule has 0 aliphatic carbocycles. The molecule has 0 fully saturated rings. The summed E-state index contributed by atoms with van der Waals surface area (Å²) in [6.07, 6.45) is 0.954. The smallest absolute Gasteiger partial charge is 0.219 e. The molecule has 1 atom stereocenters. The first-order chi connectivity index (χ1) is 6.65. The van der Waals surface area contributed by atoms with Crippen molar-refractivity contribution in [2.24, 2.45) is 5.73 Å². The zero-order valence-electron chi connectivity index (χ0n) is 8.47. The Bertz CT molecular complexity index is 289. The van der Waals surface area contributed by atoms with Crippen LogP contribution in [0.25, 0.3) is 0 Å². The second kappa shape index (κ2) is 4.93. The fraction of sp³-hybridized carbons (Fsp3) is 0.500. The van der Waals surface area contributed by atoms with Crippen LogP contribution in [-0.4, -0.2) is 22.7 Å². The van der Waals surface area contributed by atoms with Crippen LogP contribution in [-0.2, 0) is 0 Å². The highest BCUT2D eigenvalue weighted by molar-refractivity contribution is 5.28. The van der Waals surface area contributed by atoms with Gasteiger partial charge in [-0.25, -0.2) is 4.98 Å². The Kier molecular flexibility index (Phi) is 3.85. The topological polar surface area (TPSA) is 68.4 Å². The molecule has 4 nitrogen and oxygen atoms in total. The Morgan fingerprint density at radius 3 is 2.86 bits per heavy atom. The van der Waals surface area contributed by atoms with E-state index in [0.717, 1.165) is 0 Å². The van der Waals surface area contributed by atoms with Gasteiger partial charge in [-0.15, -0.1) is 0 Å². The molecule has 0 saturated heterocycles. The second-order valence-electron chi connectivity index (χ2n) is 3.32. The summed E-state index contributed by atoms with van der Waals surface area (Å²) in [5, 5.41) is 9.58. The Morgan fingerprint density at radius 2 is 2.29 bits per heavy atom. The Labute approximate surface area is 83.7 Å². The van der Waals surface area contributed by atoms with Crippen LogP contribution >= 0.6 is 0 Å². The molecule has 0 bridgehead atoms. The maximum absolute atomic E-state index is 9.58. The quantitative estimate of drug-likeness (QED) is 0.749. The number of hydrogen-bond acceptors (Lipinski definition) is 4. The Morgan fingerprint density at radius 1 is 1.57 bits per heavy atom. The predicted octanol–water partition coefficient (Wildman–Crippen LogP) is 0.861. The lowest BCUT2D eigenvalue weighted by molar-refractivity contribution is 0.169. The monoisotopic (exact) mass is 196 g/mol. The number of nitrogens with zero attached hydrogens (tertiary/aromatic N) is 1. The van der Waals surface area contributed by atoms with Crippen molar-refractivity contribution in [2.75, 3.05) is 6.54 Å². The number of aromatic nitrogens is 1. The third kappa shape index (κ3) is 2.68. The highest BCUT2D eigenvalue weighted by atomic mass is 16.5. The Hall–Kier alpha value is -1.13. The average Bonchev–Trinajstić information content (AvgIpc) is 2.16. The number of ether oxygens (including phenoxy) is 1. The van der Waals surface area contributed by atoms with Crippen molar-refractivity contribution < 1.29 is 9.84 Å². The van der Waals surface area contributed by atoms with E-state index in [9.17, 15) is 5.11 Å². The first-order valence-corrected chi connectivity index (χ1v) is 4.65. The minimum absolute atomic E-state index is 0.0358. The van der Waals surface area contributed by atoms with Crippen molar-refractivity contribution >= 4 is 0 Å². The normalized spacial score (nSPS) is 12.9. The van der Waals surface area contributed by atoms with Crippen molar-refractivity contribution in [3.63, 3.8) is 0 Å². The largest absolute Gasteiger partial charge is 0.475 e. The lowest BCUT2D eigenvalue weighted by atomic mass is 10.1. The number of nitrogens with two attached hydrogens (primary N) is 1. The summed E-state index contributed by atoms with van der Waals surface area (Å²) in [4.78, 5) is 4.05. The van der Waals surface area contributed by atoms with Crippen LogP contribution < -0.4 is 10.5 Å². The van der Waals surface area contributed by atoms with Gasteiger partial charge in [0.05, 0.1) is 12.2 Å². The van der Waals surface area contributed by atoms with Crippen LogP contribution in [0.5, 0.6) is 5.88 Å². The molecule has 78 valence electrons. The van der Waals surface area contributed by atoms with Gasteiger partial charge in [0.1, 0.15) is 0 Å². The molecule has 0 aliphatic heterocycles. The van der Waals surface area contributed by atoms with Crippen LogP contribution in [0.4, 0.5) is 0 Å². The third-order valence-electron chi connectivity index (χ3n) is 1.73. The first-order valence-electron chi connectivity index (χ1n) is 4.65.